The van der Waals surface area contributed by atoms with Crippen molar-refractivity contribution in [2.24, 2.45) is 11.7 Å². The van der Waals surface area contributed by atoms with E-state index in [4.69, 9.17) is 10.2 Å². The van der Waals surface area contributed by atoms with Crippen LogP contribution in [0.3, 0.4) is 0 Å². The Bertz CT molecular complexity index is 1250. The quantitative estimate of drug-likeness (QED) is 0.488. The number of alkyl halides is 3. The first kappa shape index (κ1) is 22.5. The van der Waals surface area contributed by atoms with Gasteiger partial charge in [-0.05, 0) is 42.9 Å². The second-order valence-corrected chi connectivity index (χ2v) is 9.84. The van der Waals surface area contributed by atoms with Gasteiger partial charge < -0.3 is 20.8 Å². The van der Waals surface area contributed by atoms with Crippen molar-refractivity contribution < 1.29 is 27.2 Å². The average Bonchev–Trinajstić information content (AvgIpc) is 3.49. The van der Waals surface area contributed by atoms with E-state index in [9.17, 15) is 22.8 Å². The van der Waals surface area contributed by atoms with Gasteiger partial charge in [0.15, 0.2) is 11.7 Å². The first-order chi connectivity index (χ1) is 16.1. The molecule has 0 saturated heterocycles. The van der Waals surface area contributed by atoms with Gasteiger partial charge in [-0.25, -0.2) is 4.68 Å². The standard InChI is InChI=1S/C22H22F3N5O3S/c1-10-4-5-11-15(7-10)34-21(18(11)19(26)31)28-20(32)13-9-17-27-12(14-3-2-6-33-14)8-16(22(23,24)25)30(17)29-13/h2-3,6,9-10,12,16,27H,4-5,7-8H2,1H3,(H2,26,31)(H,28,32)/t10-,12+,16+/m0/s1. The lowest BCUT2D eigenvalue weighted by Crippen LogP contribution is -2.35. The van der Waals surface area contributed by atoms with E-state index in [0.29, 0.717) is 23.1 Å². The summed E-state index contributed by atoms with van der Waals surface area (Å²) in [4.78, 5) is 26.1. The van der Waals surface area contributed by atoms with Crippen LogP contribution in [0, 0.1) is 5.92 Å². The van der Waals surface area contributed by atoms with E-state index in [1.807, 2.05) is 0 Å². The summed E-state index contributed by atoms with van der Waals surface area (Å²) in [5.41, 5.74) is 6.50. The molecule has 2 amide bonds. The summed E-state index contributed by atoms with van der Waals surface area (Å²) in [5, 5.41) is 9.89. The maximum absolute atomic E-state index is 13.8. The topological polar surface area (TPSA) is 115 Å². The third kappa shape index (κ3) is 3.95. The van der Waals surface area contributed by atoms with Gasteiger partial charge >= 0.3 is 6.18 Å². The van der Waals surface area contributed by atoms with E-state index in [2.05, 4.69) is 22.7 Å². The number of fused-ring (bicyclic) bond motifs is 2. The summed E-state index contributed by atoms with van der Waals surface area (Å²) in [6, 6.07) is 1.80. The minimum atomic E-state index is -4.58. The van der Waals surface area contributed by atoms with E-state index in [0.717, 1.165) is 28.0 Å². The first-order valence-electron chi connectivity index (χ1n) is 10.8. The van der Waals surface area contributed by atoms with Crippen LogP contribution < -0.4 is 16.4 Å². The summed E-state index contributed by atoms with van der Waals surface area (Å²) < 4.78 is 47.5. The van der Waals surface area contributed by atoms with Gasteiger partial charge in [-0.15, -0.1) is 11.3 Å². The molecule has 2 aliphatic rings. The number of carbonyl (C=O) groups excluding carboxylic acids is 2. The van der Waals surface area contributed by atoms with Gasteiger partial charge in [0.05, 0.1) is 17.9 Å². The molecule has 4 heterocycles. The zero-order valence-corrected chi connectivity index (χ0v) is 18.9. The van der Waals surface area contributed by atoms with Crippen LogP contribution in [0.1, 0.15) is 68.9 Å². The lowest BCUT2D eigenvalue weighted by Gasteiger charge is -2.32. The smallest absolute Gasteiger partial charge is 0.410 e. The van der Waals surface area contributed by atoms with Gasteiger partial charge in [0.25, 0.3) is 11.8 Å². The molecule has 1 aliphatic carbocycles. The van der Waals surface area contributed by atoms with Crippen molar-refractivity contribution in [3.05, 3.63) is 51.9 Å². The van der Waals surface area contributed by atoms with Crippen molar-refractivity contribution >= 4 is 34.0 Å². The van der Waals surface area contributed by atoms with E-state index >= 15 is 0 Å². The van der Waals surface area contributed by atoms with Gasteiger partial charge in [0.2, 0.25) is 0 Å². The maximum atomic E-state index is 13.8. The van der Waals surface area contributed by atoms with E-state index in [-0.39, 0.29) is 23.5 Å². The number of rotatable bonds is 4. The number of primary amides is 1. The Labute approximate surface area is 196 Å². The number of hydrogen-bond acceptors (Lipinski definition) is 6. The van der Waals surface area contributed by atoms with Crippen LogP contribution in [0.2, 0.25) is 0 Å². The lowest BCUT2D eigenvalue weighted by molar-refractivity contribution is -0.174. The minimum Gasteiger partial charge on any atom is -0.467 e. The largest absolute Gasteiger partial charge is 0.467 e. The molecule has 3 aromatic heterocycles. The van der Waals surface area contributed by atoms with Crippen LogP contribution in [0.25, 0.3) is 0 Å². The Morgan fingerprint density at radius 2 is 2.18 bits per heavy atom. The average molecular weight is 494 g/mol. The second kappa shape index (κ2) is 8.19. The Kier molecular flexibility index (Phi) is 5.42. The number of halogens is 3. The fraction of sp³-hybridized carbons (Fsp3) is 0.409. The summed E-state index contributed by atoms with van der Waals surface area (Å²) in [6.07, 6.45) is -1.15. The SMILES string of the molecule is C[C@H]1CCc2c(sc(NC(=O)c3cc4n(n3)[C@@H](C(F)(F)F)C[C@H](c3ccco3)N4)c2C(N)=O)C1. The number of thiophene rings is 1. The summed E-state index contributed by atoms with van der Waals surface area (Å²) in [6.45, 7) is 2.11. The number of nitrogens with one attached hydrogen (secondary N) is 2. The van der Waals surface area contributed by atoms with Gasteiger partial charge in [0, 0.05) is 17.4 Å². The number of furan rings is 1. The molecular formula is C22H22F3N5O3S. The van der Waals surface area contributed by atoms with Crippen LogP contribution >= 0.6 is 11.3 Å². The van der Waals surface area contributed by atoms with Crippen molar-refractivity contribution in [2.45, 2.75) is 50.9 Å². The molecule has 12 heteroatoms. The number of amides is 2. The van der Waals surface area contributed by atoms with Gasteiger partial charge in [-0.2, -0.15) is 18.3 Å². The lowest BCUT2D eigenvalue weighted by atomic mass is 9.88. The van der Waals surface area contributed by atoms with Gasteiger partial charge in [0.1, 0.15) is 16.6 Å². The Balaban J connectivity index is 1.45. The van der Waals surface area contributed by atoms with Crippen molar-refractivity contribution in [1.29, 1.82) is 0 Å². The zero-order chi connectivity index (χ0) is 24.2. The highest BCUT2D eigenvalue weighted by atomic mass is 32.1. The monoisotopic (exact) mass is 493 g/mol. The van der Waals surface area contributed by atoms with E-state index < -0.39 is 30.1 Å². The minimum absolute atomic E-state index is 0.0505. The summed E-state index contributed by atoms with van der Waals surface area (Å²) in [7, 11) is 0. The van der Waals surface area contributed by atoms with Gasteiger partial charge in [-0.1, -0.05) is 6.92 Å². The van der Waals surface area contributed by atoms with Crippen LogP contribution in [0.4, 0.5) is 24.0 Å². The van der Waals surface area contributed by atoms with Crippen LogP contribution in [-0.4, -0.2) is 27.8 Å². The second-order valence-electron chi connectivity index (χ2n) is 8.74. The maximum Gasteiger partial charge on any atom is 0.410 e. The predicted octanol–water partition coefficient (Wildman–Crippen LogP) is 4.67. The normalized spacial score (nSPS) is 21.9. The molecule has 0 radical (unpaired) electrons. The number of aromatic nitrogens is 2. The molecule has 8 nitrogen and oxygen atoms in total. The molecule has 3 atom stereocenters. The van der Waals surface area contributed by atoms with Crippen molar-refractivity contribution in [3.63, 3.8) is 0 Å². The van der Waals surface area contributed by atoms with Crippen LogP contribution in [0.15, 0.2) is 28.9 Å². The molecule has 34 heavy (non-hydrogen) atoms. The number of carbonyl (C=O) groups is 2. The molecule has 0 saturated carbocycles. The highest BCUT2D eigenvalue weighted by molar-refractivity contribution is 7.17. The van der Waals surface area contributed by atoms with Crippen molar-refractivity contribution in [1.82, 2.24) is 9.78 Å². The Morgan fingerprint density at radius 3 is 2.85 bits per heavy atom. The zero-order valence-electron chi connectivity index (χ0n) is 18.1. The third-order valence-electron chi connectivity index (χ3n) is 6.29. The molecule has 180 valence electrons. The van der Waals surface area contributed by atoms with Crippen molar-refractivity contribution in [2.75, 3.05) is 10.6 Å². The number of anilines is 2. The molecule has 0 unspecified atom stereocenters. The fourth-order valence-corrected chi connectivity index (χ4v) is 6.04. The first-order valence-corrected chi connectivity index (χ1v) is 11.7. The predicted molar refractivity (Wildman–Crippen MR) is 119 cm³/mol. The summed E-state index contributed by atoms with van der Waals surface area (Å²) >= 11 is 1.28. The Morgan fingerprint density at radius 1 is 1.38 bits per heavy atom. The highest BCUT2D eigenvalue weighted by Crippen LogP contribution is 2.44. The molecule has 0 spiro atoms. The van der Waals surface area contributed by atoms with Crippen LogP contribution in [0.5, 0.6) is 0 Å². The molecule has 0 aromatic carbocycles. The third-order valence-corrected chi connectivity index (χ3v) is 7.46. The molecule has 4 N–H and O–H groups in total. The number of nitrogens with zero attached hydrogens (tertiary/aromatic N) is 2. The molecule has 5 rings (SSSR count). The highest BCUT2D eigenvalue weighted by Gasteiger charge is 2.47. The molecule has 3 aromatic rings. The molecule has 1 aliphatic heterocycles. The molecule has 0 fully saturated rings. The Hall–Kier alpha value is -3.28. The van der Waals surface area contributed by atoms with Crippen LogP contribution in [-0.2, 0) is 12.8 Å². The molecule has 0 bridgehead atoms. The fourth-order valence-electron chi connectivity index (χ4n) is 4.63. The number of nitrogens with two attached hydrogens (primary N) is 1. The van der Waals surface area contributed by atoms with E-state index in [1.54, 1.807) is 12.1 Å². The number of hydrogen-bond donors (Lipinski definition) is 3. The summed E-state index contributed by atoms with van der Waals surface area (Å²) in [5.74, 6) is -0.505. The van der Waals surface area contributed by atoms with E-state index in [1.165, 1.54) is 23.7 Å². The van der Waals surface area contributed by atoms with Crippen molar-refractivity contribution in [3.8, 4) is 0 Å². The van der Waals surface area contributed by atoms with Gasteiger partial charge in [-0.3, -0.25) is 9.59 Å². The molecular weight excluding hydrogens is 471 g/mol.